The zero-order valence-electron chi connectivity index (χ0n) is 14.4. The number of nitrogens with one attached hydrogen (secondary N) is 3. The SMILES string of the molecule is O=C(Nc1ccccc1)Nc1nc2c(s1)CC[NH+](Cc1ccccc1)C2. The van der Waals surface area contributed by atoms with Gasteiger partial charge in [0.2, 0.25) is 0 Å². The van der Waals surface area contributed by atoms with Crippen LogP contribution in [0.2, 0.25) is 0 Å². The molecule has 1 aromatic heterocycles. The molecule has 0 fully saturated rings. The van der Waals surface area contributed by atoms with Crippen molar-refractivity contribution in [1.82, 2.24) is 4.98 Å². The van der Waals surface area contributed by atoms with Crippen LogP contribution in [0.1, 0.15) is 16.1 Å². The smallest absolute Gasteiger partial charge is 0.325 e. The van der Waals surface area contributed by atoms with E-state index in [0.29, 0.717) is 5.13 Å². The molecule has 1 aliphatic heterocycles. The summed E-state index contributed by atoms with van der Waals surface area (Å²) in [6.07, 6.45) is 1.01. The molecule has 2 aromatic carbocycles. The van der Waals surface area contributed by atoms with Crippen LogP contribution in [0.25, 0.3) is 0 Å². The third-order valence-corrected chi connectivity index (χ3v) is 5.52. The average molecular weight is 365 g/mol. The van der Waals surface area contributed by atoms with Gasteiger partial charge in [0, 0.05) is 22.5 Å². The van der Waals surface area contributed by atoms with Crippen LogP contribution < -0.4 is 15.5 Å². The number of anilines is 2. The lowest BCUT2D eigenvalue weighted by molar-refractivity contribution is -0.929. The Morgan fingerprint density at radius 1 is 1.04 bits per heavy atom. The van der Waals surface area contributed by atoms with Gasteiger partial charge in [0.25, 0.3) is 0 Å². The molecule has 2 amide bonds. The maximum atomic E-state index is 12.1. The summed E-state index contributed by atoms with van der Waals surface area (Å²) in [5.74, 6) is 0. The first-order chi connectivity index (χ1) is 12.8. The van der Waals surface area contributed by atoms with Crippen LogP contribution >= 0.6 is 11.3 Å². The molecule has 0 aliphatic carbocycles. The van der Waals surface area contributed by atoms with Crippen LogP contribution in [-0.4, -0.2) is 17.6 Å². The van der Waals surface area contributed by atoms with Crippen LogP contribution in [0, 0.1) is 0 Å². The van der Waals surface area contributed by atoms with Gasteiger partial charge in [-0.2, -0.15) is 0 Å². The van der Waals surface area contributed by atoms with E-state index in [1.807, 2.05) is 36.4 Å². The van der Waals surface area contributed by atoms with E-state index in [4.69, 9.17) is 0 Å². The molecule has 0 radical (unpaired) electrons. The Balaban J connectivity index is 1.37. The number of benzene rings is 2. The summed E-state index contributed by atoms with van der Waals surface area (Å²) in [5.41, 5.74) is 3.23. The summed E-state index contributed by atoms with van der Waals surface area (Å²) in [7, 11) is 0. The van der Waals surface area contributed by atoms with Gasteiger partial charge in [0.15, 0.2) is 5.13 Å². The predicted octanol–water partition coefficient (Wildman–Crippen LogP) is 2.93. The first-order valence-electron chi connectivity index (χ1n) is 8.75. The van der Waals surface area contributed by atoms with Gasteiger partial charge in [-0.15, -0.1) is 11.3 Å². The molecule has 5 nitrogen and oxygen atoms in total. The highest BCUT2D eigenvalue weighted by molar-refractivity contribution is 7.15. The molecule has 132 valence electrons. The van der Waals surface area contributed by atoms with Gasteiger partial charge in [0.05, 0.1) is 6.54 Å². The molecule has 0 saturated carbocycles. The van der Waals surface area contributed by atoms with E-state index in [1.165, 1.54) is 15.3 Å². The first kappa shape index (κ1) is 16.8. The molecule has 3 N–H and O–H groups in total. The number of aromatic nitrogens is 1. The topological polar surface area (TPSA) is 58.5 Å². The van der Waals surface area contributed by atoms with Crippen LogP contribution in [0.4, 0.5) is 15.6 Å². The molecule has 1 unspecified atom stereocenters. The summed E-state index contributed by atoms with van der Waals surface area (Å²) < 4.78 is 0. The van der Waals surface area contributed by atoms with E-state index in [2.05, 4.69) is 39.9 Å². The number of quaternary nitrogens is 1. The Hall–Kier alpha value is -2.70. The number of hydrogen-bond donors (Lipinski definition) is 3. The number of nitrogens with zero attached hydrogens (tertiary/aromatic N) is 1. The molecule has 1 atom stereocenters. The molecule has 2 heterocycles. The summed E-state index contributed by atoms with van der Waals surface area (Å²) in [5, 5.41) is 6.35. The highest BCUT2D eigenvalue weighted by Gasteiger charge is 2.24. The number of para-hydroxylation sites is 1. The minimum atomic E-state index is -0.254. The average Bonchev–Trinajstić information content (AvgIpc) is 3.04. The fraction of sp³-hybridized carbons (Fsp3) is 0.200. The van der Waals surface area contributed by atoms with E-state index >= 15 is 0 Å². The number of rotatable bonds is 4. The lowest BCUT2D eigenvalue weighted by Gasteiger charge is -2.22. The fourth-order valence-electron chi connectivity index (χ4n) is 3.20. The Kier molecular flexibility index (Phi) is 4.95. The summed E-state index contributed by atoms with van der Waals surface area (Å²) in [4.78, 5) is 19.6. The standard InChI is InChI=1S/C20H20N4OS/c25-19(21-16-9-5-2-6-10-16)23-20-22-17-14-24(12-11-18(17)26-20)13-15-7-3-1-4-8-15/h1-10H,11-14H2,(H2,21,22,23,25)/p+1. The fourth-order valence-corrected chi connectivity index (χ4v) is 4.17. The van der Waals surface area contributed by atoms with E-state index in [9.17, 15) is 4.79 Å². The molecule has 4 rings (SSSR count). The normalized spacial score (nSPS) is 15.9. The Bertz CT molecular complexity index is 879. The maximum Gasteiger partial charge on any atom is 0.325 e. The van der Waals surface area contributed by atoms with Crippen molar-refractivity contribution in [1.29, 1.82) is 0 Å². The number of amides is 2. The van der Waals surface area contributed by atoms with E-state index in [0.717, 1.165) is 37.4 Å². The monoisotopic (exact) mass is 365 g/mol. The second kappa shape index (κ2) is 7.68. The Morgan fingerprint density at radius 3 is 2.54 bits per heavy atom. The highest BCUT2D eigenvalue weighted by Crippen LogP contribution is 2.24. The lowest BCUT2D eigenvalue weighted by atomic mass is 10.1. The Morgan fingerprint density at radius 2 is 1.77 bits per heavy atom. The van der Waals surface area contributed by atoms with Crippen molar-refractivity contribution in [2.45, 2.75) is 19.5 Å². The second-order valence-electron chi connectivity index (χ2n) is 6.42. The largest absolute Gasteiger partial charge is 0.326 e. The molecule has 1 aliphatic rings. The van der Waals surface area contributed by atoms with E-state index in [1.54, 1.807) is 11.3 Å². The minimum absolute atomic E-state index is 0.254. The van der Waals surface area contributed by atoms with Gasteiger partial charge in [-0.25, -0.2) is 9.78 Å². The van der Waals surface area contributed by atoms with Crippen LogP contribution in [0.3, 0.4) is 0 Å². The zero-order valence-corrected chi connectivity index (χ0v) is 15.2. The third-order valence-electron chi connectivity index (χ3n) is 4.45. The van der Waals surface area contributed by atoms with Gasteiger partial charge < -0.3 is 10.2 Å². The van der Waals surface area contributed by atoms with Gasteiger partial charge in [0.1, 0.15) is 18.8 Å². The van der Waals surface area contributed by atoms with Crippen LogP contribution in [-0.2, 0) is 19.5 Å². The summed E-state index contributed by atoms with van der Waals surface area (Å²) in [6, 6.07) is 19.7. The van der Waals surface area contributed by atoms with Crippen molar-refractivity contribution in [2.24, 2.45) is 0 Å². The van der Waals surface area contributed by atoms with Gasteiger partial charge in [-0.05, 0) is 12.1 Å². The van der Waals surface area contributed by atoms with Crippen molar-refractivity contribution in [3.05, 3.63) is 76.8 Å². The van der Waals surface area contributed by atoms with Crippen LogP contribution in [0.15, 0.2) is 60.7 Å². The lowest BCUT2D eigenvalue weighted by Crippen LogP contribution is -3.10. The zero-order chi connectivity index (χ0) is 17.8. The second-order valence-corrected chi connectivity index (χ2v) is 7.51. The van der Waals surface area contributed by atoms with Crippen molar-refractivity contribution >= 4 is 28.2 Å². The summed E-state index contributed by atoms with van der Waals surface area (Å²) in [6.45, 7) is 3.01. The molecule has 26 heavy (non-hydrogen) atoms. The predicted molar refractivity (Wildman–Crippen MR) is 105 cm³/mol. The molecule has 6 heteroatoms. The number of urea groups is 1. The molecular weight excluding hydrogens is 344 g/mol. The number of hydrogen-bond acceptors (Lipinski definition) is 3. The number of fused-ring (bicyclic) bond motifs is 1. The Labute approximate surface area is 156 Å². The van der Waals surface area contributed by atoms with Crippen molar-refractivity contribution in [3.8, 4) is 0 Å². The third kappa shape index (κ3) is 4.09. The van der Waals surface area contributed by atoms with Crippen molar-refractivity contribution in [2.75, 3.05) is 17.2 Å². The van der Waals surface area contributed by atoms with Crippen molar-refractivity contribution < 1.29 is 9.69 Å². The molecule has 3 aromatic rings. The van der Waals surface area contributed by atoms with Gasteiger partial charge >= 0.3 is 6.03 Å². The maximum absolute atomic E-state index is 12.1. The molecule has 0 spiro atoms. The number of carbonyl (C=O) groups excluding carboxylic acids is 1. The van der Waals surface area contributed by atoms with E-state index < -0.39 is 0 Å². The first-order valence-corrected chi connectivity index (χ1v) is 9.57. The summed E-state index contributed by atoms with van der Waals surface area (Å²) >= 11 is 1.59. The number of carbonyl (C=O) groups is 1. The van der Waals surface area contributed by atoms with E-state index in [-0.39, 0.29) is 6.03 Å². The quantitative estimate of drug-likeness (QED) is 0.666. The molecule has 0 bridgehead atoms. The molecular formula is C20H21N4OS+. The minimum Gasteiger partial charge on any atom is -0.326 e. The van der Waals surface area contributed by atoms with Crippen molar-refractivity contribution in [3.63, 3.8) is 0 Å². The number of thiazole rings is 1. The highest BCUT2D eigenvalue weighted by atomic mass is 32.1. The van der Waals surface area contributed by atoms with Gasteiger partial charge in [-0.3, -0.25) is 5.32 Å². The van der Waals surface area contributed by atoms with Gasteiger partial charge in [-0.1, -0.05) is 48.5 Å². The van der Waals surface area contributed by atoms with Crippen LogP contribution in [0.5, 0.6) is 0 Å². The molecule has 0 saturated heterocycles.